The summed E-state index contributed by atoms with van der Waals surface area (Å²) in [5.74, 6) is -2.16. The Labute approximate surface area is 105 Å². The molecule has 7 heteroatoms. The van der Waals surface area contributed by atoms with Gasteiger partial charge in [0.15, 0.2) is 10.7 Å². The molecule has 0 spiro atoms. The van der Waals surface area contributed by atoms with Crippen molar-refractivity contribution in [2.24, 2.45) is 0 Å². The number of carbonyl (C=O) groups is 2. The SMILES string of the molecule is O=C(Nc1ncsc1C(=O)O)c1ccc(F)cc1. The van der Waals surface area contributed by atoms with Gasteiger partial charge < -0.3 is 10.4 Å². The number of thiazole rings is 1. The Bertz CT molecular complexity index is 595. The Kier molecular flexibility index (Phi) is 3.33. The fraction of sp³-hybridized carbons (Fsp3) is 0. The summed E-state index contributed by atoms with van der Waals surface area (Å²) in [5.41, 5.74) is 1.55. The number of rotatable bonds is 3. The monoisotopic (exact) mass is 266 g/mol. The standard InChI is InChI=1S/C11H7FN2O3S/c12-7-3-1-6(2-4-7)10(15)14-9-8(11(16)17)18-5-13-9/h1-5H,(H,14,15)(H,16,17). The zero-order chi connectivity index (χ0) is 13.1. The maximum atomic E-state index is 12.7. The van der Waals surface area contributed by atoms with Gasteiger partial charge in [0.2, 0.25) is 0 Å². The second kappa shape index (κ2) is 4.92. The largest absolute Gasteiger partial charge is 0.477 e. The molecule has 0 saturated carbocycles. The first-order chi connectivity index (χ1) is 8.58. The second-order valence-corrected chi connectivity index (χ2v) is 4.15. The number of carboxylic acid groups (broad SMARTS) is 1. The van der Waals surface area contributed by atoms with E-state index in [-0.39, 0.29) is 16.3 Å². The minimum absolute atomic E-state index is 0.0122. The molecule has 2 rings (SSSR count). The Morgan fingerprint density at radius 3 is 2.56 bits per heavy atom. The molecule has 0 unspecified atom stereocenters. The van der Waals surface area contributed by atoms with Gasteiger partial charge in [-0.05, 0) is 24.3 Å². The summed E-state index contributed by atoms with van der Waals surface area (Å²) in [7, 11) is 0. The van der Waals surface area contributed by atoms with Gasteiger partial charge in [-0.1, -0.05) is 0 Å². The molecule has 0 aliphatic carbocycles. The molecular formula is C11H7FN2O3S. The fourth-order valence-electron chi connectivity index (χ4n) is 1.27. The van der Waals surface area contributed by atoms with E-state index in [9.17, 15) is 14.0 Å². The van der Waals surface area contributed by atoms with Crippen molar-refractivity contribution in [2.75, 3.05) is 5.32 Å². The molecule has 2 N–H and O–H groups in total. The van der Waals surface area contributed by atoms with Crippen LogP contribution in [0.5, 0.6) is 0 Å². The quantitative estimate of drug-likeness (QED) is 0.892. The molecule has 0 saturated heterocycles. The van der Waals surface area contributed by atoms with Crippen molar-refractivity contribution in [3.63, 3.8) is 0 Å². The van der Waals surface area contributed by atoms with Crippen molar-refractivity contribution in [3.05, 3.63) is 46.0 Å². The van der Waals surface area contributed by atoms with E-state index in [1.165, 1.54) is 17.6 Å². The first-order valence-electron chi connectivity index (χ1n) is 4.81. The van der Waals surface area contributed by atoms with Crippen LogP contribution in [0.2, 0.25) is 0 Å². The van der Waals surface area contributed by atoms with Gasteiger partial charge in [0, 0.05) is 5.56 Å². The van der Waals surface area contributed by atoms with Crippen molar-refractivity contribution in [1.29, 1.82) is 0 Å². The van der Waals surface area contributed by atoms with Crippen molar-refractivity contribution in [2.45, 2.75) is 0 Å². The van der Waals surface area contributed by atoms with E-state index < -0.39 is 17.7 Å². The summed E-state index contributed by atoms with van der Waals surface area (Å²) in [5, 5.41) is 11.2. The van der Waals surface area contributed by atoms with E-state index in [1.54, 1.807) is 0 Å². The summed E-state index contributed by atoms with van der Waals surface area (Å²) < 4.78 is 12.7. The van der Waals surface area contributed by atoms with E-state index in [4.69, 9.17) is 5.11 Å². The number of anilines is 1. The highest BCUT2D eigenvalue weighted by molar-refractivity contribution is 7.12. The maximum absolute atomic E-state index is 12.7. The molecule has 1 heterocycles. The Balaban J connectivity index is 2.19. The average molecular weight is 266 g/mol. The Hall–Kier alpha value is -2.28. The summed E-state index contributed by atoms with van der Waals surface area (Å²) in [6.45, 7) is 0. The molecule has 5 nitrogen and oxygen atoms in total. The lowest BCUT2D eigenvalue weighted by Crippen LogP contribution is -2.14. The van der Waals surface area contributed by atoms with E-state index >= 15 is 0 Å². The average Bonchev–Trinajstić information content (AvgIpc) is 2.78. The third-order valence-corrected chi connectivity index (χ3v) is 2.91. The molecule has 18 heavy (non-hydrogen) atoms. The van der Waals surface area contributed by atoms with Crippen LogP contribution in [0, 0.1) is 5.82 Å². The van der Waals surface area contributed by atoms with Gasteiger partial charge in [-0.3, -0.25) is 4.79 Å². The lowest BCUT2D eigenvalue weighted by atomic mass is 10.2. The molecular weight excluding hydrogens is 259 g/mol. The molecule has 1 aromatic heterocycles. The number of hydrogen-bond donors (Lipinski definition) is 2. The fourth-order valence-corrected chi connectivity index (χ4v) is 1.85. The van der Waals surface area contributed by atoms with Crippen molar-refractivity contribution in [3.8, 4) is 0 Å². The predicted octanol–water partition coefficient (Wildman–Crippen LogP) is 2.23. The van der Waals surface area contributed by atoms with Crippen molar-refractivity contribution in [1.82, 2.24) is 4.98 Å². The molecule has 0 fully saturated rings. The Morgan fingerprint density at radius 1 is 1.28 bits per heavy atom. The van der Waals surface area contributed by atoms with Crippen LogP contribution in [0.1, 0.15) is 20.0 Å². The zero-order valence-corrected chi connectivity index (χ0v) is 9.70. The van der Waals surface area contributed by atoms with Crippen molar-refractivity contribution < 1.29 is 19.1 Å². The summed E-state index contributed by atoms with van der Waals surface area (Å²) in [6, 6.07) is 4.90. The number of halogens is 1. The number of aromatic carboxylic acids is 1. The molecule has 0 aliphatic rings. The number of aromatic nitrogens is 1. The lowest BCUT2D eigenvalue weighted by Gasteiger charge is -2.03. The van der Waals surface area contributed by atoms with Crippen LogP contribution < -0.4 is 5.32 Å². The molecule has 0 aliphatic heterocycles. The number of nitrogens with one attached hydrogen (secondary N) is 1. The van der Waals surface area contributed by atoms with Crippen LogP contribution in [0.4, 0.5) is 10.2 Å². The lowest BCUT2D eigenvalue weighted by molar-refractivity contribution is 0.0703. The van der Waals surface area contributed by atoms with Crippen LogP contribution in [-0.4, -0.2) is 22.0 Å². The second-order valence-electron chi connectivity index (χ2n) is 3.30. The van der Waals surface area contributed by atoms with Gasteiger partial charge in [0.1, 0.15) is 5.82 Å². The third-order valence-electron chi connectivity index (χ3n) is 2.10. The van der Waals surface area contributed by atoms with E-state index in [1.807, 2.05) is 0 Å². The van der Waals surface area contributed by atoms with Crippen molar-refractivity contribution >= 4 is 29.0 Å². The summed E-state index contributed by atoms with van der Waals surface area (Å²) >= 11 is 0.912. The molecule has 0 bridgehead atoms. The van der Waals surface area contributed by atoms with Gasteiger partial charge in [0.05, 0.1) is 5.51 Å². The van der Waals surface area contributed by atoms with Crippen LogP contribution in [0.15, 0.2) is 29.8 Å². The molecule has 0 radical (unpaired) electrons. The van der Waals surface area contributed by atoms with Crippen LogP contribution in [0.25, 0.3) is 0 Å². The maximum Gasteiger partial charge on any atom is 0.349 e. The number of amides is 1. The van der Waals surface area contributed by atoms with Crippen LogP contribution in [0.3, 0.4) is 0 Å². The summed E-state index contributed by atoms with van der Waals surface area (Å²) in [6.07, 6.45) is 0. The highest BCUT2D eigenvalue weighted by Gasteiger charge is 2.16. The smallest absolute Gasteiger partial charge is 0.349 e. The highest BCUT2D eigenvalue weighted by atomic mass is 32.1. The normalized spacial score (nSPS) is 10.1. The van der Waals surface area contributed by atoms with Gasteiger partial charge >= 0.3 is 5.97 Å². The minimum atomic E-state index is -1.16. The van der Waals surface area contributed by atoms with Gasteiger partial charge in [0.25, 0.3) is 5.91 Å². The molecule has 92 valence electrons. The van der Waals surface area contributed by atoms with Gasteiger partial charge in [-0.15, -0.1) is 11.3 Å². The summed E-state index contributed by atoms with van der Waals surface area (Å²) in [4.78, 5) is 26.3. The first kappa shape index (κ1) is 12.2. The first-order valence-corrected chi connectivity index (χ1v) is 5.69. The molecule has 2 aromatic rings. The zero-order valence-electron chi connectivity index (χ0n) is 8.88. The van der Waals surface area contributed by atoms with E-state index in [0.717, 1.165) is 23.5 Å². The minimum Gasteiger partial charge on any atom is -0.477 e. The predicted molar refractivity (Wildman–Crippen MR) is 63.4 cm³/mol. The topological polar surface area (TPSA) is 79.3 Å². The number of nitrogens with zero attached hydrogens (tertiary/aromatic N) is 1. The number of benzene rings is 1. The van der Waals surface area contributed by atoms with Crippen LogP contribution >= 0.6 is 11.3 Å². The molecule has 0 atom stereocenters. The third kappa shape index (κ3) is 2.51. The number of carboxylic acids is 1. The number of hydrogen-bond acceptors (Lipinski definition) is 4. The highest BCUT2D eigenvalue weighted by Crippen LogP contribution is 2.19. The van der Waals surface area contributed by atoms with Crippen LogP contribution in [-0.2, 0) is 0 Å². The van der Waals surface area contributed by atoms with E-state index in [2.05, 4.69) is 10.3 Å². The Morgan fingerprint density at radius 2 is 1.94 bits per heavy atom. The van der Waals surface area contributed by atoms with E-state index in [0.29, 0.717) is 0 Å². The molecule has 1 aromatic carbocycles. The molecule has 1 amide bonds. The van der Waals surface area contributed by atoms with Gasteiger partial charge in [-0.25, -0.2) is 14.2 Å². The van der Waals surface area contributed by atoms with Gasteiger partial charge in [-0.2, -0.15) is 0 Å². The number of carbonyl (C=O) groups excluding carboxylic acids is 1.